The summed E-state index contributed by atoms with van der Waals surface area (Å²) in [5, 5.41) is 5.04. The van der Waals surface area contributed by atoms with Crippen molar-refractivity contribution in [3.05, 3.63) is 88.1 Å². The SMILES string of the molecule is NCc1ccccc1CNC(=O)Cc1c(Cl)c[nH+]c(NCC(F)(F)c2cccc[nH+]2)c1F. The number of halogens is 4. The molecular weight excluding hydrogens is 443 g/mol. The molecule has 1 amide bonds. The van der Waals surface area contributed by atoms with Crippen LogP contribution in [0.15, 0.2) is 54.9 Å². The van der Waals surface area contributed by atoms with Gasteiger partial charge in [-0.1, -0.05) is 35.9 Å². The lowest BCUT2D eigenvalue weighted by Gasteiger charge is -2.12. The molecule has 0 aliphatic rings. The summed E-state index contributed by atoms with van der Waals surface area (Å²) in [7, 11) is 0. The largest absolute Gasteiger partial charge is 0.365 e. The van der Waals surface area contributed by atoms with Crippen molar-refractivity contribution in [2.45, 2.75) is 25.4 Å². The predicted octanol–water partition coefficient (Wildman–Crippen LogP) is 2.63. The molecule has 0 saturated heterocycles. The average molecular weight is 466 g/mol. The van der Waals surface area contributed by atoms with E-state index in [1.807, 2.05) is 24.3 Å². The van der Waals surface area contributed by atoms with Crippen molar-refractivity contribution < 1.29 is 27.9 Å². The van der Waals surface area contributed by atoms with Gasteiger partial charge in [-0.15, -0.1) is 0 Å². The lowest BCUT2D eigenvalue weighted by atomic mass is 10.1. The van der Waals surface area contributed by atoms with Gasteiger partial charge in [0.25, 0.3) is 5.69 Å². The van der Waals surface area contributed by atoms with Crippen molar-refractivity contribution in [2.75, 3.05) is 11.9 Å². The molecule has 6 N–H and O–H groups in total. The zero-order chi connectivity index (χ0) is 23.1. The first-order chi connectivity index (χ1) is 15.3. The van der Waals surface area contributed by atoms with Gasteiger partial charge in [-0.05, 0) is 17.2 Å². The number of carbonyl (C=O) groups is 1. The van der Waals surface area contributed by atoms with Crippen LogP contribution >= 0.6 is 11.6 Å². The minimum Gasteiger partial charge on any atom is -0.352 e. The Bertz CT molecular complexity index is 1080. The molecule has 0 radical (unpaired) electrons. The summed E-state index contributed by atoms with van der Waals surface area (Å²) in [5.74, 6) is -4.95. The van der Waals surface area contributed by atoms with Crippen LogP contribution in [0.1, 0.15) is 22.4 Å². The van der Waals surface area contributed by atoms with Crippen LogP contribution in [0.4, 0.5) is 19.0 Å². The van der Waals surface area contributed by atoms with Gasteiger partial charge >= 0.3 is 11.7 Å². The Hall–Kier alpha value is -3.17. The number of nitrogens with one attached hydrogen (secondary N) is 4. The maximum atomic E-state index is 14.9. The third-order valence-electron chi connectivity index (χ3n) is 4.86. The normalized spacial score (nSPS) is 11.3. The quantitative estimate of drug-likeness (QED) is 0.453. The zero-order valence-corrected chi connectivity index (χ0v) is 17.8. The molecule has 0 unspecified atom stereocenters. The summed E-state index contributed by atoms with van der Waals surface area (Å²) >= 11 is 6.05. The van der Waals surface area contributed by atoms with Crippen molar-refractivity contribution in [2.24, 2.45) is 5.73 Å². The monoisotopic (exact) mass is 465 g/mol. The van der Waals surface area contributed by atoms with Crippen LogP contribution in [-0.4, -0.2) is 12.5 Å². The maximum Gasteiger partial charge on any atom is 0.365 e. The van der Waals surface area contributed by atoms with Gasteiger partial charge < -0.3 is 11.1 Å². The standard InChI is InChI=1S/C22H21ClF3N5O/c23-17-12-30-21(31-13-22(25,26)18-7-3-4-8-28-18)20(24)16(17)9-19(32)29-11-15-6-2-1-5-14(15)10-27/h1-8,12H,9-11,13,27H2,(H,29,32)(H,30,31)/p+2. The second-order valence-corrected chi connectivity index (χ2v) is 7.47. The van der Waals surface area contributed by atoms with E-state index >= 15 is 0 Å². The fourth-order valence-electron chi connectivity index (χ4n) is 3.09. The predicted molar refractivity (Wildman–Crippen MR) is 113 cm³/mol. The van der Waals surface area contributed by atoms with Crippen LogP contribution in [0.3, 0.4) is 0 Å². The number of aromatic amines is 2. The van der Waals surface area contributed by atoms with Crippen molar-refractivity contribution in [1.82, 2.24) is 5.32 Å². The van der Waals surface area contributed by atoms with Crippen LogP contribution in [0.5, 0.6) is 0 Å². The van der Waals surface area contributed by atoms with Crippen molar-refractivity contribution >= 4 is 23.3 Å². The lowest BCUT2D eigenvalue weighted by molar-refractivity contribution is -0.412. The highest BCUT2D eigenvalue weighted by Gasteiger charge is 2.40. The Labute approximate surface area is 188 Å². The number of H-pyrrole nitrogens is 2. The van der Waals surface area contributed by atoms with E-state index in [4.69, 9.17) is 17.3 Å². The van der Waals surface area contributed by atoms with Crippen molar-refractivity contribution in [1.29, 1.82) is 0 Å². The van der Waals surface area contributed by atoms with Crippen molar-refractivity contribution in [3.63, 3.8) is 0 Å². The fraction of sp³-hybridized carbons (Fsp3) is 0.227. The topological polar surface area (TPSA) is 95.4 Å². The van der Waals surface area contributed by atoms with Crippen LogP contribution in [0.25, 0.3) is 0 Å². The number of aromatic nitrogens is 2. The maximum absolute atomic E-state index is 14.9. The second kappa shape index (κ2) is 10.4. The minimum absolute atomic E-state index is 0.0197. The average Bonchev–Trinajstić information content (AvgIpc) is 2.80. The number of carbonyl (C=O) groups excluding carboxylic acids is 1. The van der Waals surface area contributed by atoms with Gasteiger partial charge in [0.05, 0.1) is 11.4 Å². The number of alkyl halides is 2. The Morgan fingerprint density at radius 1 is 1.09 bits per heavy atom. The number of nitrogens with two attached hydrogens (primary N) is 1. The fourth-order valence-corrected chi connectivity index (χ4v) is 3.30. The molecule has 1 aromatic carbocycles. The van der Waals surface area contributed by atoms with Gasteiger partial charge in [0.2, 0.25) is 11.7 Å². The van der Waals surface area contributed by atoms with Gasteiger partial charge in [-0.2, -0.15) is 13.2 Å². The lowest BCUT2D eigenvalue weighted by Crippen LogP contribution is -2.33. The van der Waals surface area contributed by atoms with E-state index in [1.165, 1.54) is 24.5 Å². The molecule has 0 aliphatic carbocycles. The van der Waals surface area contributed by atoms with E-state index in [0.29, 0.717) is 6.54 Å². The third kappa shape index (κ3) is 5.74. The molecule has 168 valence electrons. The molecule has 2 heterocycles. The summed E-state index contributed by atoms with van der Waals surface area (Å²) < 4.78 is 43.6. The Balaban J connectivity index is 1.67. The number of hydrogen-bond acceptors (Lipinski definition) is 3. The van der Waals surface area contributed by atoms with E-state index in [-0.39, 0.29) is 35.1 Å². The van der Waals surface area contributed by atoms with E-state index < -0.39 is 24.2 Å². The first-order valence-electron chi connectivity index (χ1n) is 9.83. The summed E-state index contributed by atoms with van der Waals surface area (Å²) in [6, 6.07) is 11.6. The molecular formula is C22H23ClF3N5O+2. The number of amides is 1. The molecule has 10 heteroatoms. The summed E-state index contributed by atoms with van der Waals surface area (Å²) in [6.07, 6.45) is 2.26. The number of rotatable bonds is 9. The molecule has 6 nitrogen and oxygen atoms in total. The molecule has 0 aliphatic heterocycles. The zero-order valence-electron chi connectivity index (χ0n) is 17.0. The Morgan fingerprint density at radius 2 is 1.81 bits per heavy atom. The number of hydrogen-bond donors (Lipinski definition) is 3. The highest BCUT2D eigenvalue weighted by molar-refractivity contribution is 6.31. The van der Waals surface area contributed by atoms with Crippen LogP contribution in [0.2, 0.25) is 5.02 Å². The molecule has 32 heavy (non-hydrogen) atoms. The number of pyridine rings is 2. The van der Waals surface area contributed by atoms with E-state index in [2.05, 4.69) is 20.6 Å². The highest BCUT2D eigenvalue weighted by Crippen LogP contribution is 2.26. The highest BCUT2D eigenvalue weighted by atomic mass is 35.5. The molecule has 0 spiro atoms. The Kier molecular flexibility index (Phi) is 7.66. The van der Waals surface area contributed by atoms with E-state index in [1.54, 1.807) is 6.07 Å². The number of anilines is 1. The van der Waals surface area contributed by atoms with Gasteiger partial charge in [0.1, 0.15) is 6.20 Å². The van der Waals surface area contributed by atoms with Gasteiger partial charge in [0, 0.05) is 30.8 Å². The van der Waals surface area contributed by atoms with Gasteiger partial charge in [-0.25, -0.2) is 9.97 Å². The smallest absolute Gasteiger partial charge is 0.352 e. The molecule has 0 bridgehead atoms. The van der Waals surface area contributed by atoms with Gasteiger partial charge in [-0.3, -0.25) is 10.1 Å². The first kappa shape index (κ1) is 23.5. The molecule has 0 saturated carbocycles. The van der Waals surface area contributed by atoms with Gasteiger partial charge in [0.15, 0.2) is 12.7 Å². The molecule has 3 aromatic rings. The van der Waals surface area contributed by atoms with Crippen LogP contribution < -0.4 is 26.3 Å². The summed E-state index contributed by atoms with van der Waals surface area (Å²) in [4.78, 5) is 17.4. The molecule has 0 atom stereocenters. The molecule has 0 fully saturated rings. The number of benzene rings is 1. The summed E-state index contributed by atoms with van der Waals surface area (Å²) in [6.45, 7) is -0.333. The van der Waals surface area contributed by atoms with E-state index in [9.17, 15) is 18.0 Å². The van der Waals surface area contributed by atoms with E-state index in [0.717, 1.165) is 11.1 Å². The molecule has 3 rings (SSSR count). The first-order valence-corrected chi connectivity index (χ1v) is 10.2. The summed E-state index contributed by atoms with van der Waals surface area (Å²) in [5.41, 5.74) is 6.99. The van der Waals surface area contributed by atoms with Crippen molar-refractivity contribution in [3.8, 4) is 0 Å². The van der Waals surface area contributed by atoms with Crippen LogP contribution in [0, 0.1) is 5.82 Å². The third-order valence-corrected chi connectivity index (χ3v) is 5.20. The second-order valence-electron chi connectivity index (χ2n) is 7.06. The molecule has 2 aromatic heterocycles. The Morgan fingerprint density at radius 3 is 2.50 bits per heavy atom. The van der Waals surface area contributed by atoms with Crippen LogP contribution in [-0.2, 0) is 30.2 Å². The minimum atomic E-state index is -3.28.